The molecule has 5 heteroatoms. The number of imidazole rings is 1. The van der Waals surface area contributed by atoms with Crippen LogP contribution in [-0.2, 0) is 13.0 Å². The van der Waals surface area contributed by atoms with Crippen LogP contribution in [0.4, 0.5) is 0 Å². The van der Waals surface area contributed by atoms with Gasteiger partial charge in [-0.1, -0.05) is 25.1 Å². The first-order valence-electron chi connectivity index (χ1n) is 6.23. The number of para-hydroxylation sites is 1. The number of rotatable bonds is 4. The van der Waals surface area contributed by atoms with Gasteiger partial charge in [0, 0.05) is 18.1 Å². The first-order chi connectivity index (χ1) is 9.33. The molecule has 0 saturated carbocycles. The van der Waals surface area contributed by atoms with Crippen molar-refractivity contribution in [1.82, 2.24) is 9.38 Å². The second kappa shape index (κ2) is 5.03. The van der Waals surface area contributed by atoms with E-state index in [1.807, 2.05) is 34.2 Å². The Kier molecular flexibility index (Phi) is 3.23. The predicted molar refractivity (Wildman–Crippen MR) is 76.9 cm³/mol. The summed E-state index contributed by atoms with van der Waals surface area (Å²) >= 11 is 1.57. The lowest BCUT2D eigenvalue weighted by molar-refractivity contribution is 0.454. The minimum absolute atomic E-state index is 0.404. The van der Waals surface area contributed by atoms with Gasteiger partial charge >= 0.3 is 0 Å². The van der Waals surface area contributed by atoms with Gasteiger partial charge in [0.25, 0.3) is 0 Å². The molecule has 0 aliphatic carbocycles. The van der Waals surface area contributed by atoms with E-state index >= 15 is 0 Å². The first-order valence-corrected chi connectivity index (χ1v) is 7.11. The van der Waals surface area contributed by atoms with Crippen LogP contribution in [0.2, 0.25) is 0 Å². The zero-order valence-electron chi connectivity index (χ0n) is 10.7. The van der Waals surface area contributed by atoms with Gasteiger partial charge in [0.2, 0.25) is 5.88 Å². The van der Waals surface area contributed by atoms with Crippen molar-refractivity contribution in [2.75, 3.05) is 0 Å². The molecule has 0 saturated heterocycles. The van der Waals surface area contributed by atoms with Gasteiger partial charge in [0.15, 0.2) is 4.96 Å². The molecule has 0 radical (unpaired) electrons. The highest BCUT2D eigenvalue weighted by Gasteiger charge is 2.14. The Balaban J connectivity index is 2.02. The van der Waals surface area contributed by atoms with Crippen LogP contribution in [0, 0.1) is 0 Å². The number of thiazole rings is 1. The van der Waals surface area contributed by atoms with Crippen molar-refractivity contribution >= 4 is 16.3 Å². The summed E-state index contributed by atoms with van der Waals surface area (Å²) in [6, 6.07) is 8.01. The number of aryl methyl sites for hydroxylation is 1. The molecule has 2 N–H and O–H groups in total. The molecule has 0 aliphatic heterocycles. The average molecular weight is 273 g/mol. The van der Waals surface area contributed by atoms with Crippen LogP contribution in [0.1, 0.15) is 18.2 Å². The number of nitrogens with two attached hydrogens (primary N) is 1. The molecular weight excluding hydrogens is 258 g/mol. The maximum absolute atomic E-state index is 5.96. The fourth-order valence-electron chi connectivity index (χ4n) is 2.08. The molecule has 4 nitrogen and oxygen atoms in total. The van der Waals surface area contributed by atoms with Crippen LogP contribution in [0.3, 0.4) is 0 Å². The third-order valence-electron chi connectivity index (χ3n) is 3.08. The van der Waals surface area contributed by atoms with Crippen LogP contribution in [-0.4, -0.2) is 9.38 Å². The third kappa shape index (κ3) is 2.11. The molecule has 1 aromatic carbocycles. The number of nitrogens with zero attached hydrogens (tertiary/aromatic N) is 2. The van der Waals surface area contributed by atoms with E-state index in [1.54, 1.807) is 11.3 Å². The Morgan fingerprint density at radius 3 is 3.00 bits per heavy atom. The highest BCUT2D eigenvalue weighted by molar-refractivity contribution is 7.15. The molecular formula is C14H15N3OS. The molecule has 0 bridgehead atoms. The molecule has 98 valence electrons. The molecule has 19 heavy (non-hydrogen) atoms. The van der Waals surface area contributed by atoms with Gasteiger partial charge in [-0.3, -0.25) is 4.40 Å². The summed E-state index contributed by atoms with van der Waals surface area (Å²) in [7, 11) is 0. The molecule has 0 aliphatic rings. The number of fused-ring (bicyclic) bond motifs is 1. The summed E-state index contributed by atoms with van der Waals surface area (Å²) in [5, 5.41) is 1.99. The summed E-state index contributed by atoms with van der Waals surface area (Å²) in [5.41, 5.74) is 7.88. The number of aromatic nitrogens is 2. The normalized spacial score (nSPS) is 11.1. The molecule has 3 rings (SSSR count). The lowest BCUT2D eigenvalue weighted by Crippen LogP contribution is -2.02. The molecule has 0 amide bonds. The molecule has 0 atom stereocenters. The lowest BCUT2D eigenvalue weighted by Gasteiger charge is -2.08. The third-order valence-corrected chi connectivity index (χ3v) is 3.83. The Labute approximate surface area is 115 Å². The smallest absolute Gasteiger partial charge is 0.243 e. The van der Waals surface area contributed by atoms with Crippen molar-refractivity contribution in [3.8, 4) is 11.6 Å². The van der Waals surface area contributed by atoms with Crippen LogP contribution in [0.5, 0.6) is 11.6 Å². The maximum atomic E-state index is 5.96. The number of hydrogen-bond acceptors (Lipinski definition) is 4. The lowest BCUT2D eigenvalue weighted by atomic mass is 10.1. The van der Waals surface area contributed by atoms with Crippen molar-refractivity contribution in [1.29, 1.82) is 0 Å². The summed E-state index contributed by atoms with van der Waals surface area (Å²) < 4.78 is 7.94. The van der Waals surface area contributed by atoms with Gasteiger partial charge < -0.3 is 10.5 Å². The molecule has 0 fully saturated rings. The summed E-state index contributed by atoms with van der Waals surface area (Å²) in [4.78, 5) is 5.40. The van der Waals surface area contributed by atoms with E-state index in [1.165, 1.54) is 5.56 Å². The fraction of sp³-hybridized carbons (Fsp3) is 0.214. The molecule has 0 unspecified atom stereocenters. The van der Waals surface area contributed by atoms with Crippen molar-refractivity contribution < 1.29 is 4.74 Å². The predicted octanol–water partition coefficient (Wildman–Crippen LogP) is 3.21. The highest BCUT2D eigenvalue weighted by Crippen LogP contribution is 2.29. The van der Waals surface area contributed by atoms with E-state index < -0.39 is 0 Å². The number of benzene rings is 1. The summed E-state index contributed by atoms with van der Waals surface area (Å²) in [6.07, 6.45) is 2.89. The van der Waals surface area contributed by atoms with Gasteiger partial charge in [0.1, 0.15) is 11.4 Å². The van der Waals surface area contributed by atoms with Crippen molar-refractivity contribution in [2.45, 2.75) is 19.9 Å². The van der Waals surface area contributed by atoms with Crippen LogP contribution < -0.4 is 10.5 Å². The second-order valence-corrected chi connectivity index (χ2v) is 5.06. The quantitative estimate of drug-likeness (QED) is 0.794. The van der Waals surface area contributed by atoms with Crippen molar-refractivity contribution in [3.05, 3.63) is 47.1 Å². The van der Waals surface area contributed by atoms with Gasteiger partial charge in [-0.05, 0) is 18.1 Å². The van der Waals surface area contributed by atoms with Gasteiger partial charge in [-0.15, -0.1) is 11.3 Å². The zero-order chi connectivity index (χ0) is 13.2. The largest absolute Gasteiger partial charge is 0.437 e. The van der Waals surface area contributed by atoms with Gasteiger partial charge in [-0.25, -0.2) is 0 Å². The van der Waals surface area contributed by atoms with E-state index in [2.05, 4.69) is 18.0 Å². The topological polar surface area (TPSA) is 52.5 Å². The molecule has 2 aromatic heterocycles. The zero-order valence-corrected chi connectivity index (χ0v) is 11.5. The fourth-order valence-corrected chi connectivity index (χ4v) is 2.80. The highest BCUT2D eigenvalue weighted by atomic mass is 32.1. The van der Waals surface area contributed by atoms with E-state index in [-0.39, 0.29) is 0 Å². The summed E-state index contributed by atoms with van der Waals surface area (Å²) in [5.74, 6) is 1.46. The first kappa shape index (κ1) is 12.2. The summed E-state index contributed by atoms with van der Waals surface area (Å²) in [6.45, 7) is 2.51. The number of ether oxygens (including phenoxy) is 1. The minimum atomic E-state index is 0.404. The molecule has 3 aromatic rings. The average Bonchev–Trinajstić information content (AvgIpc) is 2.99. The Bertz CT molecular complexity index is 702. The van der Waals surface area contributed by atoms with Crippen molar-refractivity contribution in [3.63, 3.8) is 0 Å². The Morgan fingerprint density at radius 1 is 1.37 bits per heavy atom. The SMILES string of the molecule is CCc1ccccc1Oc1nc2sccn2c1CN. The monoisotopic (exact) mass is 273 g/mol. The van der Waals surface area contributed by atoms with Crippen LogP contribution >= 0.6 is 11.3 Å². The van der Waals surface area contributed by atoms with E-state index in [4.69, 9.17) is 10.5 Å². The second-order valence-electron chi connectivity index (χ2n) is 4.19. The molecule has 2 heterocycles. The molecule has 0 spiro atoms. The maximum Gasteiger partial charge on any atom is 0.243 e. The Hall–Kier alpha value is -1.85. The Morgan fingerprint density at radius 2 is 2.21 bits per heavy atom. The number of hydrogen-bond donors (Lipinski definition) is 1. The van der Waals surface area contributed by atoms with E-state index in [0.29, 0.717) is 12.4 Å². The van der Waals surface area contributed by atoms with Crippen LogP contribution in [0.15, 0.2) is 35.8 Å². The van der Waals surface area contributed by atoms with E-state index in [0.717, 1.165) is 22.8 Å². The van der Waals surface area contributed by atoms with E-state index in [9.17, 15) is 0 Å². The standard InChI is InChI=1S/C14H15N3OS/c1-2-10-5-3-4-6-12(10)18-13-11(9-15)17-7-8-19-14(17)16-13/h3-8H,2,9,15H2,1H3. The van der Waals surface area contributed by atoms with Crippen molar-refractivity contribution in [2.24, 2.45) is 5.73 Å². The van der Waals surface area contributed by atoms with Gasteiger partial charge in [0.05, 0.1) is 0 Å². The minimum Gasteiger partial charge on any atom is -0.437 e. The van der Waals surface area contributed by atoms with Crippen LogP contribution in [0.25, 0.3) is 4.96 Å². The van der Waals surface area contributed by atoms with Gasteiger partial charge in [-0.2, -0.15) is 4.98 Å².